The lowest BCUT2D eigenvalue weighted by Crippen LogP contribution is -2.60. The van der Waals surface area contributed by atoms with Crippen molar-refractivity contribution in [2.24, 2.45) is 5.92 Å². The minimum atomic E-state index is -0.945. The summed E-state index contributed by atoms with van der Waals surface area (Å²) in [7, 11) is 0. The molecule has 0 unspecified atom stereocenters. The van der Waals surface area contributed by atoms with Gasteiger partial charge in [-0.1, -0.05) is 35.9 Å². The number of aliphatic hydroxyl groups is 1. The number of H-pyrrole nitrogens is 1. The molecule has 0 aliphatic carbocycles. The summed E-state index contributed by atoms with van der Waals surface area (Å²) in [5.41, 5.74) is 1.25. The highest BCUT2D eigenvalue weighted by Gasteiger charge is 2.36. The monoisotopic (exact) mass is 529 g/mol. The van der Waals surface area contributed by atoms with Gasteiger partial charge in [0.05, 0.1) is 17.7 Å². The van der Waals surface area contributed by atoms with Crippen molar-refractivity contribution < 1.29 is 24.2 Å². The van der Waals surface area contributed by atoms with Gasteiger partial charge in [-0.2, -0.15) is 15.4 Å². The summed E-state index contributed by atoms with van der Waals surface area (Å²) in [5, 5.41) is 33.0. The van der Waals surface area contributed by atoms with E-state index >= 15 is 0 Å². The molecule has 37 heavy (non-hydrogen) atoms. The number of benzene rings is 2. The van der Waals surface area contributed by atoms with E-state index in [1.807, 2.05) is 17.0 Å². The Balaban J connectivity index is 1.47. The van der Waals surface area contributed by atoms with Crippen molar-refractivity contribution in [3.05, 3.63) is 70.8 Å². The zero-order valence-electron chi connectivity index (χ0n) is 20.3. The van der Waals surface area contributed by atoms with Crippen molar-refractivity contribution in [2.45, 2.75) is 37.8 Å². The first-order chi connectivity index (χ1) is 17.6. The first-order valence-corrected chi connectivity index (χ1v) is 12.4. The zero-order chi connectivity index (χ0) is 26.6. The molecule has 2 heterocycles. The molecular weight excluding hydrogens is 501 g/mol. The number of carboxylic acids is 1. The van der Waals surface area contributed by atoms with Gasteiger partial charge in [0.2, 0.25) is 0 Å². The SMILES string of the molecule is CC1(O)CN(CC[C@H](C[C@@H](Cc2ccc(-c3cc(Cl)ccc3F)cc2)NC(=O)c2cn[nH]n2)C(=O)O)C1. The first kappa shape index (κ1) is 26.7. The number of hydrogen-bond donors (Lipinski definition) is 4. The van der Waals surface area contributed by atoms with Crippen LogP contribution >= 0.6 is 11.6 Å². The van der Waals surface area contributed by atoms with Gasteiger partial charge in [-0.25, -0.2) is 4.39 Å². The average molecular weight is 530 g/mol. The van der Waals surface area contributed by atoms with Gasteiger partial charge >= 0.3 is 5.97 Å². The molecule has 1 aliphatic heterocycles. The molecule has 9 nitrogen and oxygen atoms in total. The molecule has 0 bridgehead atoms. The number of aliphatic carboxylic acids is 1. The molecule has 3 aromatic rings. The van der Waals surface area contributed by atoms with E-state index in [9.17, 15) is 24.2 Å². The molecule has 1 amide bonds. The molecule has 0 spiro atoms. The summed E-state index contributed by atoms with van der Waals surface area (Å²) < 4.78 is 14.3. The number of carbonyl (C=O) groups excluding carboxylic acids is 1. The van der Waals surface area contributed by atoms with E-state index in [1.165, 1.54) is 18.3 Å². The molecule has 4 N–H and O–H groups in total. The Hall–Kier alpha value is -3.34. The number of carbonyl (C=O) groups is 2. The Bertz CT molecular complexity index is 1230. The highest BCUT2D eigenvalue weighted by atomic mass is 35.5. The van der Waals surface area contributed by atoms with Crippen molar-refractivity contribution in [1.29, 1.82) is 0 Å². The lowest BCUT2D eigenvalue weighted by Gasteiger charge is -2.44. The highest BCUT2D eigenvalue weighted by Crippen LogP contribution is 2.27. The van der Waals surface area contributed by atoms with Crippen LogP contribution in [0, 0.1) is 11.7 Å². The Labute approximate surface area is 218 Å². The number of aromatic amines is 1. The number of amides is 1. The first-order valence-electron chi connectivity index (χ1n) is 12.0. The van der Waals surface area contributed by atoms with Crippen molar-refractivity contribution in [3.8, 4) is 11.1 Å². The molecule has 196 valence electrons. The maximum Gasteiger partial charge on any atom is 0.306 e. The van der Waals surface area contributed by atoms with E-state index in [0.29, 0.717) is 48.6 Å². The van der Waals surface area contributed by atoms with E-state index in [2.05, 4.69) is 20.7 Å². The van der Waals surface area contributed by atoms with Gasteiger partial charge in [0.15, 0.2) is 5.69 Å². The van der Waals surface area contributed by atoms with Gasteiger partial charge in [-0.05, 0) is 62.1 Å². The second-order valence-electron chi connectivity index (χ2n) is 9.82. The van der Waals surface area contributed by atoms with Gasteiger partial charge in [0, 0.05) is 29.7 Å². The van der Waals surface area contributed by atoms with Crippen LogP contribution in [0.5, 0.6) is 0 Å². The molecule has 2 aromatic carbocycles. The fourth-order valence-electron chi connectivity index (χ4n) is 4.69. The second kappa shape index (κ2) is 11.4. The van der Waals surface area contributed by atoms with Crippen LogP contribution in [0.15, 0.2) is 48.7 Å². The molecular formula is C26H29ClFN5O4. The van der Waals surface area contributed by atoms with E-state index in [1.54, 1.807) is 25.1 Å². The van der Waals surface area contributed by atoms with Gasteiger partial charge < -0.3 is 15.5 Å². The van der Waals surface area contributed by atoms with Crippen LogP contribution in [0.2, 0.25) is 5.02 Å². The third-order valence-corrected chi connectivity index (χ3v) is 6.73. The number of nitrogens with one attached hydrogen (secondary N) is 2. The van der Waals surface area contributed by atoms with Crippen LogP contribution < -0.4 is 5.32 Å². The third kappa shape index (κ3) is 7.12. The summed E-state index contributed by atoms with van der Waals surface area (Å²) in [6, 6.07) is 11.0. The normalized spacial score (nSPS) is 16.5. The molecule has 1 fully saturated rings. The number of nitrogens with zero attached hydrogens (tertiary/aromatic N) is 3. The van der Waals surface area contributed by atoms with Crippen LogP contribution in [0.1, 0.15) is 35.8 Å². The molecule has 2 atom stereocenters. The van der Waals surface area contributed by atoms with Gasteiger partial charge in [0.25, 0.3) is 5.91 Å². The molecule has 4 rings (SSSR count). The Morgan fingerprint density at radius 3 is 2.59 bits per heavy atom. The minimum Gasteiger partial charge on any atom is -0.481 e. The quantitative estimate of drug-likeness (QED) is 0.300. The number of aromatic nitrogens is 3. The van der Waals surface area contributed by atoms with Crippen molar-refractivity contribution >= 4 is 23.5 Å². The smallest absolute Gasteiger partial charge is 0.306 e. The number of carboxylic acid groups (broad SMARTS) is 1. The molecule has 1 saturated heterocycles. The number of β-amino-alcohol motifs (C(OH)–C–C–N with tert-alkyl or cyclic N) is 1. The topological polar surface area (TPSA) is 131 Å². The predicted octanol–water partition coefficient (Wildman–Crippen LogP) is 3.15. The summed E-state index contributed by atoms with van der Waals surface area (Å²) >= 11 is 6.02. The van der Waals surface area contributed by atoms with Crippen LogP contribution in [-0.4, -0.2) is 73.7 Å². The van der Waals surface area contributed by atoms with E-state index in [-0.39, 0.29) is 17.9 Å². The summed E-state index contributed by atoms with van der Waals surface area (Å²) in [6.07, 6.45) is 2.25. The van der Waals surface area contributed by atoms with Gasteiger partial charge in [0.1, 0.15) is 5.82 Å². The van der Waals surface area contributed by atoms with Crippen LogP contribution in [0.3, 0.4) is 0 Å². The Kier molecular flexibility index (Phi) is 8.21. The van der Waals surface area contributed by atoms with Crippen LogP contribution in [-0.2, 0) is 11.2 Å². The fourth-order valence-corrected chi connectivity index (χ4v) is 4.86. The number of likely N-dealkylation sites (tertiary alicyclic amines) is 1. The Morgan fingerprint density at radius 1 is 1.24 bits per heavy atom. The molecule has 1 aromatic heterocycles. The number of halogens is 2. The highest BCUT2D eigenvalue weighted by molar-refractivity contribution is 6.30. The fraction of sp³-hybridized carbons (Fsp3) is 0.385. The summed E-state index contributed by atoms with van der Waals surface area (Å²) in [5.74, 6) is -2.49. The van der Waals surface area contributed by atoms with Crippen molar-refractivity contribution in [3.63, 3.8) is 0 Å². The van der Waals surface area contributed by atoms with Crippen molar-refractivity contribution in [1.82, 2.24) is 25.6 Å². The predicted molar refractivity (Wildman–Crippen MR) is 136 cm³/mol. The molecule has 0 saturated carbocycles. The van der Waals surface area contributed by atoms with E-state index in [4.69, 9.17) is 11.6 Å². The van der Waals surface area contributed by atoms with E-state index < -0.39 is 29.4 Å². The second-order valence-corrected chi connectivity index (χ2v) is 10.3. The van der Waals surface area contributed by atoms with Gasteiger partial charge in [-0.3, -0.25) is 14.5 Å². The number of rotatable bonds is 11. The standard InChI is InChI=1S/C26H29ClFN5O4/c1-26(37)14-33(15-26)9-8-18(25(35)36)11-20(30-24(34)23-13-29-32-31-23)10-16-2-4-17(5-3-16)21-12-19(27)6-7-22(21)28/h2-7,12-13,18,20,37H,8-11,14-15H2,1H3,(H,30,34)(H,35,36)(H,29,31,32)/t18-,20-/m1/s1. The zero-order valence-corrected chi connectivity index (χ0v) is 21.1. The average Bonchev–Trinajstić information content (AvgIpc) is 3.37. The maximum absolute atomic E-state index is 14.3. The van der Waals surface area contributed by atoms with Crippen LogP contribution in [0.4, 0.5) is 4.39 Å². The maximum atomic E-state index is 14.3. The molecule has 0 radical (unpaired) electrons. The largest absolute Gasteiger partial charge is 0.481 e. The Morgan fingerprint density at radius 2 is 1.97 bits per heavy atom. The van der Waals surface area contributed by atoms with Crippen molar-refractivity contribution in [2.75, 3.05) is 19.6 Å². The van der Waals surface area contributed by atoms with Gasteiger partial charge in [-0.15, -0.1) is 0 Å². The van der Waals surface area contributed by atoms with E-state index in [0.717, 1.165) is 5.56 Å². The van der Waals surface area contributed by atoms with Crippen LogP contribution in [0.25, 0.3) is 11.1 Å². The third-order valence-electron chi connectivity index (χ3n) is 6.50. The minimum absolute atomic E-state index is 0.103. The lowest BCUT2D eigenvalue weighted by atomic mass is 9.90. The molecule has 1 aliphatic rings. The summed E-state index contributed by atoms with van der Waals surface area (Å²) in [4.78, 5) is 26.7. The number of hydrogen-bond acceptors (Lipinski definition) is 6. The lowest BCUT2D eigenvalue weighted by molar-refractivity contribution is -0.143. The molecule has 11 heteroatoms. The summed E-state index contributed by atoms with van der Waals surface area (Å²) in [6.45, 7) is 3.30.